The van der Waals surface area contributed by atoms with Gasteiger partial charge in [0.05, 0.1) is 0 Å². The van der Waals surface area contributed by atoms with Crippen LogP contribution in [-0.2, 0) is 0 Å². The number of rotatable bonds is 7. The molecule has 0 aromatic heterocycles. The summed E-state index contributed by atoms with van der Waals surface area (Å²) >= 11 is 0. The number of unbranched alkanes of at least 4 members (excludes halogenated alkanes) is 3. The van der Waals surface area contributed by atoms with Gasteiger partial charge in [-0.2, -0.15) is 0 Å². The zero-order valence-corrected chi connectivity index (χ0v) is 8.60. The lowest BCUT2D eigenvalue weighted by Crippen LogP contribution is -1.80. The summed E-state index contributed by atoms with van der Waals surface area (Å²) < 4.78 is 0. The third-order valence-corrected chi connectivity index (χ3v) is 2.14. The second-order valence-corrected chi connectivity index (χ2v) is 3.27. The van der Waals surface area contributed by atoms with Gasteiger partial charge < -0.3 is 0 Å². The van der Waals surface area contributed by atoms with Crippen LogP contribution in [0.5, 0.6) is 0 Å². The van der Waals surface area contributed by atoms with Crippen molar-refractivity contribution in [3.63, 3.8) is 0 Å². The Kier molecular flexibility index (Phi) is 8.20. The molecule has 0 aliphatic carbocycles. The zero-order chi connectivity index (χ0) is 9.23. The Balaban J connectivity index is 3.05. The molecule has 0 radical (unpaired) electrons. The summed E-state index contributed by atoms with van der Waals surface area (Å²) in [4.78, 5) is 0. The third-order valence-electron chi connectivity index (χ3n) is 2.14. The highest BCUT2D eigenvalue weighted by molar-refractivity contribution is 4.91. The highest BCUT2D eigenvalue weighted by atomic mass is 14.0. The lowest BCUT2D eigenvalue weighted by Gasteiger charge is -2.00. The van der Waals surface area contributed by atoms with Crippen LogP contribution in [-0.4, -0.2) is 0 Å². The average molecular weight is 166 g/mol. The van der Waals surface area contributed by atoms with Crippen LogP contribution < -0.4 is 0 Å². The molecular formula is C12H22. The van der Waals surface area contributed by atoms with E-state index in [1.807, 2.05) is 0 Å². The maximum absolute atomic E-state index is 3.99. The standard InChI is InChI=1S/C12H22/c1-4-6-7-8-9-10-11-12(3)5-2/h4,6H,3,5,7-11H2,1-2H3/b6-4+. The van der Waals surface area contributed by atoms with Crippen LogP contribution in [0.3, 0.4) is 0 Å². The van der Waals surface area contributed by atoms with E-state index in [9.17, 15) is 0 Å². The predicted molar refractivity (Wildman–Crippen MR) is 57.3 cm³/mol. The number of allylic oxidation sites excluding steroid dienone is 3. The molecule has 0 unspecified atom stereocenters. The minimum absolute atomic E-state index is 1.15. The number of hydrogen-bond donors (Lipinski definition) is 0. The SMILES string of the molecule is C=C(CC)CCCCC/C=C/C. The van der Waals surface area contributed by atoms with Crippen molar-refractivity contribution in [3.8, 4) is 0 Å². The van der Waals surface area contributed by atoms with E-state index in [0.717, 1.165) is 6.42 Å². The van der Waals surface area contributed by atoms with Gasteiger partial charge in [0.1, 0.15) is 0 Å². The van der Waals surface area contributed by atoms with Crippen molar-refractivity contribution in [2.75, 3.05) is 0 Å². The van der Waals surface area contributed by atoms with Crippen LogP contribution in [0.25, 0.3) is 0 Å². The van der Waals surface area contributed by atoms with E-state index < -0.39 is 0 Å². The summed E-state index contributed by atoms with van der Waals surface area (Å²) in [5.74, 6) is 0. The van der Waals surface area contributed by atoms with Crippen molar-refractivity contribution in [3.05, 3.63) is 24.3 Å². The fourth-order valence-corrected chi connectivity index (χ4v) is 1.16. The van der Waals surface area contributed by atoms with Crippen molar-refractivity contribution in [2.45, 2.75) is 52.4 Å². The Labute approximate surface area is 77.4 Å². The molecule has 0 aromatic rings. The summed E-state index contributed by atoms with van der Waals surface area (Å²) in [5.41, 5.74) is 1.40. The Bertz CT molecular complexity index is 131. The summed E-state index contributed by atoms with van der Waals surface area (Å²) in [6, 6.07) is 0. The van der Waals surface area contributed by atoms with Crippen LogP contribution in [0.1, 0.15) is 52.4 Å². The Hall–Kier alpha value is -0.520. The number of hydrogen-bond acceptors (Lipinski definition) is 0. The molecule has 12 heavy (non-hydrogen) atoms. The summed E-state index contributed by atoms with van der Waals surface area (Å²) in [5, 5.41) is 0. The van der Waals surface area contributed by atoms with Crippen LogP contribution >= 0.6 is 0 Å². The molecule has 70 valence electrons. The molecule has 0 rings (SSSR count). The zero-order valence-electron chi connectivity index (χ0n) is 8.60. The van der Waals surface area contributed by atoms with Crippen molar-refractivity contribution >= 4 is 0 Å². The van der Waals surface area contributed by atoms with Gasteiger partial charge in [-0.15, -0.1) is 0 Å². The topological polar surface area (TPSA) is 0 Å². The first-order chi connectivity index (χ1) is 5.81. The molecule has 0 N–H and O–H groups in total. The second kappa shape index (κ2) is 8.58. The van der Waals surface area contributed by atoms with E-state index in [1.54, 1.807) is 0 Å². The molecule has 0 amide bonds. The summed E-state index contributed by atoms with van der Waals surface area (Å²) in [6.07, 6.45) is 12.0. The van der Waals surface area contributed by atoms with E-state index in [4.69, 9.17) is 0 Å². The van der Waals surface area contributed by atoms with E-state index in [1.165, 1.54) is 37.7 Å². The van der Waals surface area contributed by atoms with Crippen molar-refractivity contribution in [1.82, 2.24) is 0 Å². The van der Waals surface area contributed by atoms with Gasteiger partial charge in [0.25, 0.3) is 0 Å². The van der Waals surface area contributed by atoms with Gasteiger partial charge in [-0.05, 0) is 39.0 Å². The molecular weight excluding hydrogens is 144 g/mol. The monoisotopic (exact) mass is 166 g/mol. The molecule has 0 saturated carbocycles. The first-order valence-corrected chi connectivity index (χ1v) is 5.09. The first kappa shape index (κ1) is 11.5. The molecule has 0 heterocycles. The normalized spacial score (nSPS) is 10.8. The minimum Gasteiger partial charge on any atom is -0.0999 e. The van der Waals surface area contributed by atoms with Gasteiger partial charge in [0.2, 0.25) is 0 Å². The molecule has 0 spiro atoms. The first-order valence-electron chi connectivity index (χ1n) is 5.09. The Morgan fingerprint density at radius 2 is 2.00 bits per heavy atom. The maximum Gasteiger partial charge on any atom is -0.0323 e. The van der Waals surface area contributed by atoms with Crippen LogP contribution in [0.15, 0.2) is 24.3 Å². The highest BCUT2D eigenvalue weighted by Crippen LogP contribution is 2.10. The lowest BCUT2D eigenvalue weighted by molar-refractivity contribution is 0.676. The predicted octanol–water partition coefficient (Wildman–Crippen LogP) is 4.48. The van der Waals surface area contributed by atoms with Crippen molar-refractivity contribution in [1.29, 1.82) is 0 Å². The second-order valence-electron chi connectivity index (χ2n) is 3.27. The average Bonchev–Trinajstić information content (AvgIpc) is 2.10. The molecule has 0 aromatic carbocycles. The minimum atomic E-state index is 1.15. The third kappa shape index (κ3) is 7.59. The molecule has 0 heteroatoms. The van der Waals surface area contributed by atoms with Gasteiger partial charge in [-0.1, -0.05) is 37.6 Å². The molecule has 0 aliphatic heterocycles. The molecule has 0 atom stereocenters. The Morgan fingerprint density at radius 1 is 1.25 bits per heavy atom. The lowest BCUT2D eigenvalue weighted by atomic mass is 10.1. The summed E-state index contributed by atoms with van der Waals surface area (Å²) in [7, 11) is 0. The Morgan fingerprint density at radius 3 is 2.58 bits per heavy atom. The van der Waals surface area contributed by atoms with Crippen molar-refractivity contribution in [2.24, 2.45) is 0 Å². The molecule has 0 fully saturated rings. The quantitative estimate of drug-likeness (QED) is 0.386. The van der Waals surface area contributed by atoms with E-state index in [0.29, 0.717) is 0 Å². The molecule has 0 bridgehead atoms. The smallest absolute Gasteiger partial charge is 0.0323 e. The highest BCUT2D eigenvalue weighted by Gasteiger charge is 1.90. The summed E-state index contributed by atoms with van der Waals surface area (Å²) in [6.45, 7) is 8.26. The van der Waals surface area contributed by atoms with Crippen LogP contribution in [0.4, 0.5) is 0 Å². The van der Waals surface area contributed by atoms with Gasteiger partial charge in [-0.3, -0.25) is 0 Å². The largest absolute Gasteiger partial charge is 0.0999 e. The van der Waals surface area contributed by atoms with Gasteiger partial charge in [0, 0.05) is 0 Å². The van der Waals surface area contributed by atoms with Crippen LogP contribution in [0, 0.1) is 0 Å². The van der Waals surface area contributed by atoms with E-state index in [2.05, 4.69) is 32.6 Å². The fourth-order valence-electron chi connectivity index (χ4n) is 1.16. The molecule has 0 saturated heterocycles. The molecule has 0 nitrogen and oxygen atoms in total. The fraction of sp³-hybridized carbons (Fsp3) is 0.667. The van der Waals surface area contributed by atoms with E-state index in [-0.39, 0.29) is 0 Å². The van der Waals surface area contributed by atoms with Gasteiger partial charge >= 0.3 is 0 Å². The van der Waals surface area contributed by atoms with E-state index >= 15 is 0 Å². The molecule has 0 aliphatic rings. The van der Waals surface area contributed by atoms with Crippen LogP contribution in [0.2, 0.25) is 0 Å². The van der Waals surface area contributed by atoms with Crippen molar-refractivity contribution < 1.29 is 0 Å². The maximum atomic E-state index is 3.99. The van der Waals surface area contributed by atoms with Gasteiger partial charge in [0.15, 0.2) is 0 Å². The van der Waals surface area contributed by atoms with Gasteiger partial charge in [-0.25, -0.2) is 0 Å².